The van der Waals surface area contributed by atoms with Gasteiger partial charge in [0.15, 0.2) is 0 Å². The van der Waals surface area contributed by atoms with Gasteiger partial charge in [-0.15, -0.1) is 0 Å². The molecule has 0 saturated carbocycles. The summed E-state index contributed by atoms with van der Waals surface area (Å²) in [7, 11) is 0. The molecule has 2 heteroatoms. The maximum absolute atomic E-state index is 10.1. The van der Waals surface area contributed by atoms with Crippen molar-refractivity contribution in [2.75, 3.05) is 0 Å². The molecule has 2 nitrogen and oxygen atoms in total. The molecule has 0 saturated heterocycles. The zero-order chi connectivity index (χ0) is 9.52. The maximum Gasteiger partial charge on any atom is 0.328 e. The Morgan fingerprint density at radius 3 is 2.85 bits per heavy atom. The van der Waals surface area contributed by atoms with Crippen LogP contribution in [0.15, 0.2) is 48.1 Å². The van der Waals surface area contributed by atoms with Crippen LogP contribution in [-0.2, 0) is 4.79 Å². The number of hydrogen-bond donors (Lipinski definition) is 1. The summed E-state index contributed by atoms with van der Waals surface area (Å²) in [6.07, 6.45) is 14.7. The van der Waals surface area contributed by atoms with Gasteiger partial charge in [-0.3, -0.25) is 0 Å². The van der Waals surface area contributed by atoms with E-state index in [0.717, 1.165) is 24.5 Å². The lowest BCUT2D eigenvalue weighted by Crippen LogP contribution is -1.84. The van der Waals surface area contributed by atoms with Gasteiger partial charge in [0, 0.05) is 6.08 Å². The van der Waals surface area contributed by atoms with Crippen LogP contribution in [0.5, 0.6) is 0 Å². The number of aliphatic carboxylic acids is 1. The van der Waals surface area contributed by atoms with E-state index >= 15 is 0 Å². The molecule has 0 fully saturated rings. The van der Waals surface area contributed by atoms with E-state index in [2.05, 4.69) is 12.2 Å². The van der Waals surface area contributed by atoms with Gasteiger partial charge in [-0.25, -0.2) is 4.79 Å². The first-order valence-electron chi connectivity index (χ1n) is 4.23. The minimum Gasteiger partial charge on any atom is -0.478 e. The van der Waals surface area contributed by atoms with Crippen LogP contribution in [0, 0.1) is 0 Å². The number of rotatable bonds is 3. The minimum absolute atomic E-state index is 0.919. The molecule has 0 radical (unpaired) electrons. The molecule has 0 heterocycles. The van der Waals surface area contributed by atoms with Crippen molar-refractivity contribution in [2.45, 2.75) is 12.8 Å². The van der Waals surface area contributed by atoms with Gasteiger partial charge in [0.2, 0.25) is 0 Å². The van der Waals surface area contributed by atoms with E-state index in [1.54, 1.807) is 6.08 Å². The number of carbonyl (C=O) groups is 1. The van der Waals surface area contributed by atoms with Crippen LogP contribution in [0.3, 0.4) is 0 Å². The van der Waals surface area contributed by atoms with Crippen molar-refractivity contribution >= 4 is 5.97 Å². The normalized spacial score (nSPS) is 16.8. The van der Waals surface area contributed by atoms with E-state index in [0.29, 0.717) is 0 Å². The highest BCUT2D eigenvalue weighted by Crippen LogP contribution is 2.10. The van der Waals surface area contributed by atoms with E-state index in [-0.39, 0.29) is 0 Å². The van der Waals surface area contributed by atoms with Gasteiger partial charge in [-0.2, -0.15) is 0 Å². The van der Waals surface area contributed by atoms with Gasteiger partial charge in [-0.05, 0) is 18.4 Å². The topological polar surface area (TPSA) is 37.3 Å². The summed E-state index contributed by atoms with van der Waals surface area (Å²) >= 11 is 0. The second-order valence-corrected chi connectivity index (χ2v) is 2.74. The molecule has 1 N–H and O–H groups in total. The Kier molecular flexibility index (Phi) is 3.76. The Hall–Kier alpha value is -1.57. The Bertz CT molecular complexity index is 293. The average molecular weight is 176 g/mol. The number of carboxylic acids is 1. The van der Waals surface area contributed by atoms with Crippen LogP contribution in [-0.4, -0.2) is 11.1 Å². The van der Waals surface area contributed by atoms with E-state index in [1.807, 2.05) is 12.2 Å². The molecule has 13 heavy (non-hydrogen) atoms. The molecule has 0 aromatic rings. The zero-order valence-electron chi connectivity index (χ0n) is 7.31. The molecule has 1 rings (SSSR count). The maximum atomic E-state index is 10.1. The number of carboxylic acid groups (broad SMARTS) is 1. The van der Waals surface area contributed by atoms with Gasteiger partial charge in [0.1, 0.15) is 0 Å². The fourth-order valence-corrected chi connectivity index (χ4v) is 1.06. The fraction of sp³-hybridized carbons (Fsp3) is 0.182. The van der Waals surface area contributed by atoms with Crippen LogP contribution in [0.1, 0.15) is 12.8 Å². The second-order valence-electron chi connectivity index (χ2n) is 2.74. The summed E-state index contributed by atoms with van der Waals surface area (Å²) in [5.74, 6) is -0.919. The lowest BCUT2D eigenvalue weighted by Gasteiger charge is -1.99. The summed E-state index contributed by atoms with van der Waals surface area (Å²) < 4.78 is 0. The Morgan fingerprint density at radius 2 is 2.23 bits per heavy atom. The van der Waals surface area contributed by atoms with Crippen molar-refractivity contribution in [3.63, 3.8) is 0 Å². The van der Waals surface area contributed by atoms with Gasteiger partial charge < -0.3 is 5.11 Å². The van der Waals surface area contributed by atoms with Crippen molar-refractivity contribution in [3.05, 3.63) is 48.1 Å². The van der Waals surface area contributed by atoms with Crippen LogP contribution in [0.4, 0.5) is 0 Å². The summed E-state index contributed by atoms with van der Waals surface area (Å²) in [5.41, 5.74) is 1.14. The number of hydrogen-bond acceptors (Lipinski definition) is 1. The van der Waals surface area contributed by atoms with Crippen molar-refractivity contribution in [2.24, 2.45) is 0 Å². The molecule has 1 aliphatic carbocycles. The van der Waals surface area contributed by atoms with Crippen LogP contribution < -0.4 is 0 Å². The SMILES string of the molecule is O=C(O)/C=C/C=C/C1=CCCC=C1. The van der Waals surface area contributed by atoms with Crippen molar-refractivity contribution < 1.29 is 9.90 Å². The van der Waals surface area contributed by atoms with Gasteiger partial charge in [0.05, 0.1) is 0 Å². The molecule has 0 aromatic carbocycles. The Labute approximate surface area is 77.6 Å². The van der Waals surface area contributed by atoms with Gasteiger partial charge in [0.25, 0.3) is 0 Å². The third-order valence-corrected chi connectivity index (χ3v) is 1.66. The van der Waals surface area contributed by atoms with Crippen molar-refractivity contribution in [1.29, 1.82) is 0 Å². The first-order valence-corrected chi connectivity index (χ1v) is 4.23. The molecule has 0 spiro atoms. The lowest BCUT2D eigenvalue weighted by atomic mass is 10.1. The molecule has 0 bridgehead atoms. The summed E-state index contributed by atoms with van der Waals surface area (Å²) in [4.78, 5) is 10.1. The molecular weight excluding hydrogens is 164 g/mol. The fourth-order valence-electron chi connectivity index (χ4n) is 1.06. The largest absolute Gasteiger partial charge is 0.478 e. The molecule has 68 valence electrons. The van der Waals surface area contributed by atoms with E-state index in [4.69, 9.17) is 5.11 Å². The third kappa shape index (κ3) is 4.11. The monoisotopic (exact) mass is 176 g/mol. The van der Waals surface area contributed by atoms with E-state index < -0.39 is 5.97 Å². The predicted molar refractivity (Wildman–Crippen MR) is 52.4 cm³/mol. The molecule has 1 aliphatic rings. The van der Waals surface area contributed by atoms with Crippen molar-refractivity contribution in [1.82, 2.24) is 0 Å². The molecule has 0 aliphatic heterocycles. The molecule has 0 atom stereocenters. The molecule has 0 amide bonds. The lowest BCUT2D eigenvalue weighted by molar-refractivity contribution is -0.131. The Morgan fingerprint density at radius 1 is 1.38 bits per heavy atom. The Balaban J connectivity index is 2.44. The van der Waals surface area contributed by atoms with Crippen LogP contribution >= 0.6 is 0 Å². The van der Waals surface area contributed by atoms with Crippen LogP contribution in [0.2, 0.25) is 0 Å². The van der Waals surface area contributed by atoms with Crippen molar-refractivity contribution in [3.8, 4) is 0 Å². The highest BCUT2D eigenvalue weighted by molar-refractivity contribution is 5.80. The zero-order valence-corrected chi connectivity index (χ0v) is 7.31. The molecule has 0 aromatic heterocycles. The minimum atomic E-state index is -0.919. The van der Waals surface area contributed by atoms with E-state index in [9.17, 15) is 4.79 Å². The first kappa shape index (κ1) is 9.52. The predicted octanol–water partition coefficient (Wildman–Crippen LogP) is 2.46. The number of allylic oxidation sites excluding steroid dienone is 7. The van der Waals surface area contributed by atoms with E-state index in [1.165, 1.54) is 6.08 Å². The third-order valence-electron chi connectivity index (χ3n) is 1.66. The van der Waals surface area contributed by atoms with Gasteiger partial charge >= 0.3 is 5.97 Å². The summed E-state index contributed by atoms with van der Waals surface area (Å²) in [5, 5.41) is 8.30. The smallest absolute Gasteiger partial charge is 0.328 e. The summed E-state index contributed by atoms with van der Waals surface area (Å²) in [6, 6.07) is 0. The average Bonchev–Trinajstić information content (AvgIpc) is 2.14. The summed E-state index contributed by atoms with van der Waals surface area (Å²) in [6.45, 7) is 0. The molecular formula is C11H12O2. The standard InChI is InChI=1S/C11H12O2/c12-11(13)9-5-4-8-10-6-2-1-3-7-10/h2,4-9H,1,3H2,(H,12,13)/b8-4+,9-5+. The second kappa shape index (κ2) is 5.14. The molecule has 0 unspecified atom stereocenters. The highest BCUT2D eigenvalue weighted by atomic mass is 16.4. The van der Waals surface area contributed by atoms with Gasteiger partial charge in [-0.1, -0.05) is 36.5 Å². The quantitative estimate of drug-likeness (QED) is 0.529. The first-order chi connectivity index (χ1) is 6.29. The highest BCUT2D eigenvalue weighted by Gasteiger charge is 1.90. The van der Waals surface area contributed by atoms with Crippen LogP contribution in [0.25, 0.3) is 0 Å².